The van der Waals surface area contributed by atoms with Crippen LogP contribution >= 0.6 is 22.7 Å². The monoisotopic (exact) mass is 318 g/mol. The lowest BCUT2D eigenvalue weighted by atomic mass is 10.2. The van der Waals surface area contributed by atoms with Crippen molar-refractivity contribution in [1.82, 2.24) is 9.97 Å². The highest BCUT2D eigenvalue weighted by molar-refractivity contribution is 7.13. The molecule has 0 bridgehead atoms. The van der Waals surface area contributed by atoms with Crippen LogP contribution in [0, 0.1) is 11.8 Å². The average molecular weight is 318 g/mol. The van der Waals surface area contributed by atoms with Crippen LogP contribution in [-0.2, 0) is 0 Å². The van der Waals surface area contributed by atoms with Crippen molar-refractivity contribution in [2.24, 2.45) is 0 Å². The van der Waals surface area contributed by atoms with E-state index in [0.29, 0.717) is 0 Å². The third kappa shape index (κ3) is 2.52. The number of aromatic nitrogens is 2. The summed E-state index contributed by atoms with van der Waals surface area (Å²) in [5.74, 6) is 6.37. The summed E-state index contributed by atoms with van der Waals surface area (Å²) in [7, 11) is 0. The molecule has 0 saturated carbocycles. The van der Waals surface area contributed by atoms with Crippen LogP contribution in [0.4, 0.5) is 0 Å². The predicted octanol–water partition coefficient (Wildman–Crippen LogP) is 4.82. The Morgan fingerprint density at radius 2 is 1.50 bits per heavy atom. The SMILES string of the molecule is C(#Cc1nc2ccccc2nc1-c1cccs1)c1cccs1. The Bertz CT molecular complexity index is 975. The second-order valence-electron chi connectivity index (χ2n) is 4.61. The van der Waals surface area contributed by atoms with Crippen molar-refractivity contribution in [1.29, 1.82) is 0 Å². The van der Waals surface area contributed by atoms with Crippen molar-refractivity contribution in [3.8, 4) is 22.4 Å². The number of benzene rings is 1. The fraction of sp³-hybridized carbons (Fsp3) is 0. The van der Waals surface area contributed by atoms with E-state index in [1.165, 1.54) is 0 Å². The largest absolute Gasteiger partial charge is 0.242 e. The van der Waals surface area contributed by atoms with Crippen molar-refractivity contribution in [2.45, 2.75) is 0 Å². The number of nitrogens with zero attached hydrogens (tertiary/aromatic N) is 2. The molecule has 0 aliphatic heterocycles. The van der Waals surface area contributed by atoms with Gasteiger partial charge >= 0.3 is 0 Å². The topological polar surface area (TPSA) is 25.8 Å². The van der Waals surface area contributed by atoms with E-state index in [1.54, 1.807) is 22.7 Å². The van der Waals surface area contributed by atoms with Crippen LogP contribution in [0.15, 0.2) is 59.3 Å². The summed E-state index contributed by atoms with van der Waals surface area (Å²) in [6.07, 6.45) is 0. The van der Waals surface area contributed by atoms with Crippen LogP contribution in [0.5, 0.6) is 0 Å². The van der Waals surface area contributed by atoms with Gasteiger partial charge in [0.2, 0.25) is 0 Å². The van der Waals surface area contributed by atoms with Gasteiger partial charge in [-0.1, -0.05) is 24.3 Å². The minimum atomic E-state index is 0.731. The molecule has 104 valence electrons. The molecule has 0 atom stereocenters. The van der Waals surface area contributed by atoms with Gasteiger partial charge in [0, 0.05) is 0 Å². The molecule has 0 saturated heterocycles. The van der Waals surface area contributed by atoms with Gasteiger partial charge in [0.1, 0.15) is 11.4 Å². The van der Waals surface area contributed by atoms with Crippen LogP contribution in [0.25, 0.3) is 21.6 Å². The van der Waals surface area contributed by atoms with Gasteiger partial charge in [-0.3, -0.25) is 0 Å². The fourth-order valence-electron chi connectivity index (χ4n) is 2.14. The normalized spacial score (nSPS) is 10.4. The van der Waals surface area contributed by atoms with Crippen molar-refractivity contribution < 1.29 is 0 Å². The van der Waals surface area contributed by atoms with E-state index < -0.39 is 0 Å². The zero-order valence-corrected chi connectivity index (χ0v) is 13.1. The smallest absolute Gasteiger partial charge is 0.141 e. The van der Waals surface area contributed by atoms with Crippen LogP contribution in [0.1, 0.15) is 10.6 Å². The summed E-state index contributed by atoms with van der Waals surface area (Å²) in [5, 5.41) is 4.07. The number of para-hydroxylation sites is 2. The summed E-state index contributed by atoms with van der Waals surface area (Å²) in [6.45, 7) is 0. The molecule has 0 amide bonds. The van der Waals surface area contributed by atoms with Gasteiger partial charge < -0.3 is 0 Å². The van der Waals surface area contributed by atoms with Gasteiger partial charge in [0.05, 0.1) is 20.8 Å². The van der Waals surface area contributed by atoms with Crippen molar-refractivity contribution >= 4 is 33.7 Å². The van der Waals surface area contributed by atoms with Crippen LogP contribution < -0.4 is 0 Å². The molecule has 3 aromatic heterocycles. The Morgan fingerprint density at radius 1 is 0.727 bits per heavy atom. The molecule has 0 N–H and O–H groups in total. The number of hydrogen-bond donors (Lipinski definition) is 0. The molecule has 2 nitrogen and oxygen atoms in total. The summed E-state index contributed by atoms with van der Waals surface area (Å²) < 4.78 is 0. The predicted molar refractivity (Wildman–Crippen MR) is 93.2 cm³/mol. The van der Waals surface area contributed by atoms with Crippen molar-refractivity contribution in [3.05, 3.63) is 69.9 Å². The standard InChI is InChI=1S/C18H10N2S2/c1-2-7-15-14(6-1)19-16(10-9-13-5-3-11-21-13)18(20-15)17-8-4-12-22-17/h1-8,11-12H. The van der Waals surface area contributed by atoms with Crippen molar-refractivity contribution in [3.63, 3.8) is 0 Å². The van der Waals surface area contributed by atoms with Crippen molar-refractivity contribution in [2.75, 3.05) is 0 Å². The number of hydrogen-bond acceptors (Lipinski definition) is 4. The minimum absolute atomic E-state index is 0.731. The van der Waals surface area contributed by atoms with E-state index in [9.17, 15) is 0 Å². The van der Waals surface area contributed by atoms with Gasteiger partial charge in [0.25, 0.3) is 0 Å². The highest BCUT2D eigenvalue weighted by Gasteiger charge is 2.10. The molecule has 4 rings (SSSR count). The molecular formula is C18H10N2S2. The van der Waals surface area contributed by atoms with E-state index in [1.807, 2.05) is 53.2 Å². The van der Waals surface area contributed by atoms with Gasteiger partial charge in [0.15, 0.2) is 0 Å². The molecule has 0 radical (unpaired) electrons. The number of thiophene rings is 2. The quantitative estimate of drug-likeness (QED) is 0.470. The Labute approximate surface area is 136 Å². The highest BCUT2D eigenvalue weighted by Crippen LogP contribution is 2.27. The summed E-state index contributed by atoms with van der Waals surface area (Å²) in [4.78, 5) is 11.6. The lowest BCUT2D eigenvalue weighted by Crippen LogP contribution is -1.94. The van der Waals surface area contributed by atoms with Crippen LogP contribution in [-0.4, -0.2) is 9.97 Å². The molecule has 0 aliphatic carbocycles. The molecule has 0 unspecified atom stereocenters. The zero-order chi connectivity index (χ0) is 14.8. The third-order valence-corrected chi connectivity index (χ3v) is 4.81. The molecule has 4 heteroatoms. The molecular weight excluding hydrogens is 308 g/mol. The van der Waals surface area contributed by atoms with Crippen LogP contribution in [0.2, 0.25) is 0 Å². The molecule has 3 heterocycles. The second kappa shape index (κ2) is 5.72. The summed E-state index contributed by atoms with van der Waals surface area (Å²) >= 11 is 3.28. The van der Waals surface area contributed by atoms with E-state index in [0.717, 1.165) is 32.2 Å². The zero-order valence-electron chi connectivity index (χ0n) is 11.5. The average Bonchev–Trinajstić information content (AvgIpc) is 3.25. The Kier molecular flexibility index (Phi) is 3.43. The molecule has 1 aromatic carbocycles. The lowest BCUT2D eigenvalue weighted by Gasteiger charge is -2.03. The molecule has 0 aliphatic rings. The maximum atomic E-state index is 4.77. The Morgan fingerprint density at radius 3 is 2.23 bits per heavy atom. The molecule has 0 fully saturated rings. The fourth-order valence-corrected chi connectivity index (χ4v) is 3.43. The minimum Gasteiger partial charge on any atom is -0.242 e. The molecule has 0 spiro atoms. The Hall–Kier alpha value is -2.48. The van der Waals surface area contributed by atoms with Gasteiger partial charge in [-0.05, 0) is 46.9 Å². The van der Waals surface area contributed by atoms with Gasteiger partial charge in [-0.25, -0.2) is 9.97 Å². The van der Waals surface area contributed by atoms with Crippen LogP contribution in [0.3, 0.4) is 0 Å². The van der Waals surface area contributed by atoms with E-state index in [-0.39, 0.29) is 0 Å². The second-order valence-corrected chi connectivity index (χ2v) is 6.51. The Balaban J connectivity index is 1.92. The van der Waals surface area contributed by atoms with E-state index in [4.69, 9.17) is 9.97 Å². The lowest BCUT2D eigenvalue weighted by molar-refractivity contribution is 1.27. The molecule has 4 aromatic rings. The highest BCUT2D eigenvalue weighted by atomic mass is 32.1. The first kappa shape index (κ1) is 13.2. The van der Waals surface area contributed by atoms with Gasteiger partial charge in [-0.2, -0.15) is 0 Å². The maximum Gasteiger partial charge on any atom is 0.141 e. The summed E-state index contributed by atoms with van der Waals surface area (Å²) in [6, 6.07) is 16.0. The first-order valence-corrected chi connectivity index (χ1v) is 8.52. The third-order valence-electron chi connectivity index (χ3n) is 3.15. The summed E-state index contributed by atoms with van der Waals surface area (Å²) in [5.41, 5.74) is 3.36. The molecule has 22 heavy (non-hydrogen) atoms. The number of fused-ring (bicyclic) bond motifs is 1. The first-order valence-electron chi connectivity index (χ1n) is 6.76. The number of rotatable bonds is 1. The van der Waals surface area contributed by atoms with E-state index in [2.05, 4.69) is 17.9 Å². The van der Waals surface area contributed by atoms with E-state index >= 15 is 0 Å². The first-order chi connectivity index (χ1) is 10.9. The maximum absolute atomic E-state index is 4.77. The van der Waals surface area contributed by atoms with Gasteiger partial charge in [-0.15, -0.1) is 22.7 Å².